The first kappa shape index (κ1) is 26.6. The summed E-state index contributed by atoms with van der Waals surface area (Å²) in [5.74, 6) is -0.376. The highest BCUT2D eigenvalue weighted by atomic mass is 79.9. The SMILES string of the molecule is CC(C)COc1ccc(C(=O)NC(=S)Nc2cccc(C(=O)Nc3ccc(F)c(Cl)c3)c2)cc1Br. The first-order valence-electron chi connectivity index (χ1n) is 10.5. The van der Waals surface area contributed by atoms with Gasteiger partial charge in [0.15, 0.2) is 5.11 Å². The second-order valence-electron chi connectivity index (χ2n) is 7.92. The highest BCUT2D eigenvalue weighted by Crippen LogP contribution is 2.26. The number of ether oxygens (including phenoxy) is 1. The van der Waals surface area contributed by atoms with Crippen LogP contribution in [0.25, 0.3) is 0 Å². The maximum Gasteiger partial charge on any atom is 0.257 e. The molecule has 0 aliphatic carbocycles. The molecular formula is C25H22BrClFN3O3S. The van der Waals surface area contributed by atoms with E-state index in [0.29, 0.717) is 45.2 Å². The Balaban J connectivity index is 1.60. The number of rotatable bonds is 7. The summed E-state index contributed by atoms with van der Waals surface area (Å²) in [6.45, 7) is 4.66. The molecule has 35 heavy (non-hydrogen) atoms. The number of amides is 2. The molecule has 0 unspecified atom stereocenters. The fourth-order valence-electron chi connectivity index (χ4n) is 2.87. The molecule has 0 aliphatic rings. The number of benzene rings is 3. The minimum absolute atomic E-state index is 0.0640. The number of thiocarbonyl (C=S) groups is 1. The van der Waals surface area contributed by atoms with E-state index in [9.17, 15) is 14.0 Å². The number of halogens is 3. The molecule has 2 amide bonds. The smallest absolute Gasteiger partial charge is 0.257 e. The molecule has 6 nitrogen and oxygen atoms in total. The van der Waals surface area contributed by atoms with Crippen LogP contribution in [0.5, 0.6) is 5.75 Å². The average Bonchev–Trinajstić information content (AvgIpc) is 2.80. The van der Waals surface area contributed by atoms with Gasteiger partial charge in [0.25, 0.3) is 11.8 Å². The van der Waals surface area contributed by atoms with Crippen molar-refractivity contribution in [2.24, 2.45) is 5.92 Å². The summed E-state index contributed by atoms with van der Waals surface area (Å²) in [4.78, 5) is 25.2. The third-order valence-corrected chi connectivity index (χ3v) is 5.67. The van der Waals surface area contributed by atoms with Crippen LogP contribution < -0.4 is 20.7 Å². The van der Waals surface area contributed by atoms with Crippen molar-refractivity contribution in [3.63, 3.8) is 0 Å². The van der Waals surface area contributed by atoms with Gasteiger partial charge >= 0.3 is 0 Å². The van der Waals surface area contributed by atoms with Crippen molar-refractivity contribution in [1.29, 1.82) is 0 Å². The Morgan fingerprint density at radius 3 is 2.40 bits per heavy atom. The predicted octanol–water partition coefficient (Wildman–Crippen LogP) is 6.66. The Morgan fingerprint density at radius 1 is 1.00 bits per heavy atom. The standard InChI is InChI=1S/C25H22BrClFN3O3S/c1-14(2)13-34-22-9-6-16(11-19(22)26)24(33)31-25(35)30-17-5-3-4-15(10-17)23(32)29-18-7-8-21(28)20(27)12-18/h3-12,14H,13H2,1-2H3,(H,29,32)(H2,30,31,33,35). The zero-order valence-electron chi connectivity index (χ0n) is 18.8. The van der Waals surface area contributed by atoms with Crippen molar-refractivity contribution in [3.8, 4) is 5.75 Å². The van der Waals surface area contributed by atoms with Crippen molar-refractivity contribution < 1.29 is 18.7 Å². The molecule has 0 saturated heterocycles. The van der Waals surface area contributed by atoms with Crippen molar-refractivity contribution >= 4 is 68.1 Å². The van der Waals surface area contributed by atoms with E-state index in [1.165, 1.54) is 18.2 Å². The monoisotopic (exact) mass is 577 g/mol. The lowest BCUT2D eigenvalue weighted by molar-refractivity contribution is 0.0976. The predicted molar refractivity (Wildman–Crippen MR) is 144 cm³/mol. The highest BCUT2D eigenvalue weighted by Gasteiger charge is 2.13. The third-order valence-electron chi connectivity index (χ3n) is 4.55. The van der Waals surface area contributed by atoms with Crippen LogP contribution in [0.3, 0.4) is 0 Å². The summed E-state index contributed by atoms with van der Waals surface area (Å²) >= 11 is 14.4. The lowest BCUT2D eigenvalue weighted by Crippen LogP contribution is -2.34. The van der Waals surface area contributed by atoms with E-state index in [4.69, 9.17) is 28.6 Å². The van der Waals surface area contributed by atoms with Gasteiger partial charge in [-0.05, 0) is 88.7 Å². The third kappa shape index (κ3) is 7.74. The van der Waals surface area contributed by atoms with E-state index < -0.39 is 17.6 Å². The van der Waals surface area contributed by atoms with Crippen LogP contribution in [0.1, 0.15) is 34.6 Å². The molecule has 0 spiro atoms. The molecule has 0 aromatic heterocycles. The topological polar surface area (TPSA) is 79.5 Å². The van der Waals surface area contributed by atoms with Gasteiger partial charge in [0, 0.05) is 22.5 Å². The average molecular weight is 579 g/mol. The zero-order valence-corrected chi connectivity index (χ0v) is 22.0. The van der Waals surface area contributed by atoms with Crippen molar-refractivity contribution in [2.45, 2.75) is 13.8 Å². The van der Waals surface area contributed by atoms with Gasteiger partial charge in [0.1, 0.15) is 11.6 Å². The number of carbonyl (C=O) groups is 2. The molecule has 3 rings (SSSR count). The van der Waals surface area contributed by atoms with Gasteiger partial charge in [-0.25, -0.2) is 4.39 Å². The van der Waals surface area contributed by atoms with Crippen LogP contribution in [0.15, 0.2) is 65.1 Å². The molecule has 0 saturated carbocycles. The molecule has 3 N–H and O–H groups in total. The number of carbonyl (C=O) groups excluding carboxylic acids is 2. The van der Waals surface area contributed by atoms with Crippen LogP contribution in [-0.2, 0) is 0 Å². The van der Waals surface area contributed by atoms with Gasteiger partial charge < -0.3 is 15.4 Å². The van der Waals surface area contributed by atoms with E-state index in [1.807, 2.05) is 13.8 Å². The molecule has 10 heteroatoms. The number of hydrogen-bond acceptors (Lipinski definition) is 4. The molecule has 0 bridgehead atoms. The normalized spacial score (nSPS) is 10.6. The fraction of sp³-hybridized carbons (Fsp3) is 0.160. The first-order valence-corrected chi connectivity index (χ1v) is 12.1. The molecule has 0 fully saturated rings. The summed E-state index contributed by atoms with van der Waals surface area (Å²) in [7, 11) is 0. The molecule has 182 valence electrons. The summed E-state index contributed by atoms with van der Waals surface area (Å²) in [6.07, 6.45) is 0. The highest BCUT2D eigenvalue weighted by molar-refractivity contribution is 9.10. The zero-order chi connectivity index (χ0) is 25.5. The molecule has 0 heterocycles. The largest absolute Gasteiger partial charge is 0.492 e. The molecule has 0 radical (unpaired) electrons. The summed E-state index contributed by atoms with van der Waals surface area (Å²) in [6, 6.07) is 15.4. The number of anilines is 2. The van der Waals surface area contributed by atoms with Crippen LogP contribution in [0.4, 0.5) is 15.8 Å². The minimum Gasteiger partial charge on any atom is -0.492 e. The number of hydrogen-bond donors (Lipinski definition) is 3. The Kier molecular flexibility index (Phi) is 9.20. The Bertz CT molecular complexity index is 1270. The van der Waals surface area contributed by atoms with E-state index in [1.54, 1.807) is 42.5 Å². The lowest BCUT2D eigenvalue weighted by Gasteiger charge is -2.13. The van der Waals surface area contributed by atoms with Gasteiger partial charge in [-0.3, -0.25) is 14.9 Å². The summed E-state index contributed by atoms with van der Waals surface area (Å²) in [5, 5.41) is 8.12. The van der Waals surface area contributed by atoms with E-state index in [2.05, 4.69) is 31.9 Å². The first-order chi connectivity index (χ1) is 16.6. The molecule has 3 aromatic carbocycles. The summed E-state index contributed by atoms with van der Waals surface area (Å²) < 4.78 is 19.7. The van der Waals surface area contributed by atoms with Crippen LogP contribution in [-0.4, -0.2) is 23.5 Å². The maximum atomic E-state index is 13.3. The van der Waals surface area contributed by atoms with Crippen molar-refractivity contribution in [3.05, 3.63) is 87.1 Å². The minimum atomic E-state index is -0.575. The van der Waals surface area contributed by atoms with Crippen molar-refractivity contribution in [2.75, 3.05) is 17.2 Å². The van der Waals surface area contributed by atoms with Gasteiger partial charge in [-0.15, -0.1) is 0 Å². The van der Waals surface area contributed by atoms with E-state index >= 15 is 0 Å². The molecule has 0 aliphatic heterocycles. The van der Waals surface area contributed by atoms with Crippen molar-refractivity contribution in [1.82, 2.24) is 5.32 Å². The van der Waals surface area contributed by atoms with Crippen LogP contribution in [0, 0.1) is 11.7 Å². The van der Waals surface area contributed by atoms with Gasteiger partial charge in [-0.1, -0.05) is 31.5 Å². The quantitative estimate of drug-likeness (QED) is 0.273. The van der Waals surface area contributed by atoms with Crippen LogP contribution >= 0.6 is 39.7 Å². The fourth-order valence-corrected chi connectivity index (χ4v) is 3.75. The number of nitrogens with one attached hydrogen (secondary N) is 3. The second-order valence-corrected chi connectivity index (χ2v) is 9.59. The molecule has 3 aromatic rings. The Morgan fingerprint density at radius 2 is 1.71 bits per heavy atom. The van der Waals surface area contributed by atoms with Gasteiger partial charge in [0.2, 0.25) is 0 Å². The van der Waals surface area contributed by atoms with Gasteiger partial charge in [-0.2, -0.15) is 0 Å². The Hall–Kier alpha value is -3.01. The maximum absolute atomic E-state index is 13.3. The molecular weight excluding hydrogens is 557 g/mol. The van der Waals surface area contributed by atoms with E-state index in [-0.39, 0.29) is 10.1 Å². The summed E-state index contributed by atoms with van der Waals surface area (Å²) in [5.41, 5.74) is 1.57. The van der Waals surface area contributed by atoms with Gasteiger partial charge in [0.05, 0.1) is 16.1 Å². The lowest BCUT2D eigenvalue weighted by atomic mass is 10.2. The Labute approximate surface area is 221 Å². The van der Waals surface area contributed by atoms with E-state index in [0.717, 1.165) is 0 Å². The second kappa shape index (κ2) is 12.1. The molecule has 0 atom stereocenters. The van der Waals surface area contributed by atoms with Crippen LogP contribution in [0.2, 0.25) is 5.02 Å².